The number of allylic oxidation sites excluding steroid dienone is 2. The van der Waals surface area contributed by atoms with Gasteiger partial charge in [0.05, 0.1) is 0 Å². The molecule has 0 fully saturated rings. The Labute approximate surface area is 339 Å². The van der Waals surface area contributed by atoms with Gasteiger partial charge in [-0.2, -0.15) is 0 Å². The van der Waals surface area contributed by atoms with Gasteiger partial charge in [0.1, 0.15) is 11.6 Å². The Hall–Kier alpha value is -1.18. The summed E-state index contributed by atoms with van der Waals surface area (Å²) in [5, 5.41) is 0. The van der Waals surface area contributed by atoms with Crippen molar-refractivity contribution in [3.63, 3.8) is 0 Å². The van der Waals surface area contributed by atoms with Crippen LogP contribution >= 0.6 is 0 Å². The fraction of sp³-hybridized carbons (Fsp3) is 0.880. The number of hydrogen-bond acceptors (Lipinski definition) is 2. The largest absolute Gasteiger partial charge is 0.300 e. The highest BCUT2D eigenvalue weighted by atomic mass is 16.1. The lowest BCUT2D eigenvalue weighted by Gasteiger charge is -2.13. The second kappa shape index (κ2) is 78.8. The molecule has 0 atom stereocenters. The summed E-state index contributed by atoms with van der Waals surface area (Å²) in [6.45, 7) is 23.5. The van der Waals surface area contributed by atoms with Gasteiger partial charge >= 0.3 is 0 Å². The van der Waals surface area contributed by atoms with Crippen molar-refractivity contribution in [2.45, 2.75) is 282 Å². The zero-order valence-corrected chi connectivity index (χ0v) is 31.9. The van der Waals surface area contributed by atoms with Crippen LogP contribution in [0.4, 0.5) is 0 Å². The molecule has 52 heavy (non-hydrogen) atoms. The molecular formula is C50H116O2. The van der Waals surface area contributed by atoms with Crippen LogP contribution in [0.3, 0.4) is 0 Å². The Kier molecular flexibility index (Phi) is 127. The van der Waals surface area contributed by atoms with E-state index in [0.717, 1.165) is 12.8 Å². The van der Waals surface area contributed by atoms with E-state index in [1.807, 2.05) is 26.0 Å². The summed E-state index contributed by atoms with van der Waals surface area (Å²) in [5.41, 5.74) is 0. The third kappa shape index (κ3) is 92.1. The highest BCUT2D eigenvalue weighted by Gasteiger charge is 2.13. The van der Waals surface area contributed by atoms with Gasteiger partial charge in [0.25, 0.3) is 0 Å². The quantitative estimate of drug-likeness (QED) is 0.0590. The Morgan fingerprint density at radius 2 is 0.615 bits per heavy atom. The smallest absolute Gasteiger partial charge is 0.132 e. The van der Waals surface area contributed by atoms with Crippen LogP contribution in [0, 0.1) is 11.8 Å². The first kappa shape index (κ1) is 83.7. The highest BCUT2D eigenvalue weighted by molar-refractivity contribution is 5.78. The maximum Gasteiger partial charge on any atom is 0.132 e. The standard InChI is InChI=1S/C19H38O.2C9H18.C5H10O.8CH4/c1-4-6-8-10-12-14-16-19(18(3)20)17-15-13-11-9-7-5-2;2*1-3-5-7-9-8-6-4-2;1-4(2)5(3)6;;;;;;;;/h19H,4-17H2,1-3H3;2*3H,1,4-9H2,2H3;4H,1-3H3;8*1H4. The van der Waals surface area contributed by atoms with Gasteiger partial charge in [-0.1, -0.05) is 242 Å². The SMILES string of the molecule is C.C.C.C.C.C.C.C.C=CCCCCCCC.C=CCCCCCCC.CC(=O)C(C)C.CCCCCCCCC(CCCCCCCC)C(C)=O. The van der Waals surface area contributed by atoms with Crippen molar-refractivity contribution in [1.29, 1.82) is 0 Å². The molecule has 0 rings (SSSR count). The minimum absolute atomic E-state index is 0. The summed E-state index contributed by atoms with van der Waals surface area (Å²) >= 11 is 0. The number of Topliss-reactive ketones (excluding diaryl/α,β-unsaturated/α-hetero) is 2. The number of carbonyl (C=O) groups excluding carboxylic acids is 2. The number of carbonyl (C=O) groups is 2. The monoisotopic (exact) mass is 749 g/mol. The lowest BCUT2D eigenvalue weighted by molar-refractivity contribution is -0.121. The first-order chi connectivity index (χ1) is 21.2. The second-order valence-corrected chi connectivity index (χ2v) is 13.2. The van der Waals surface area contributed by atoms with E-state index in [1.165, 1.54) is 154 Å². The maximum absolute atomic E-state index is 11.7. The average molecular weight is 749 g/mol. The van der Waals surface area contributed by atoms with Gasteiger partial charge < -0.3 is 0 Å². The van der Waals surface area contributed by atoms with Crippen LogP contribution in [0.25, 0.3) is 0 Å². The van der Waals surface area contributed by atoms with Crippen molar-refractivity contribution in [2.75, 3.05) is 0 Å². The van der Waals surface area contributed by atoms with Crippen LogP contribution in [0.2, 0.25) is 0 Å². The van der Waals surface area contributed by atoms with E-state index >= 15 is 0 Å². The summed E-state index contributed by atoms with van der Waals surface area (Å²) in [6, 6.07) is 0. The van der Waals surface area contributed by atoms with Crippen molar-refractivity contribution >= 4 is 11.6 Å². The molecule has 328 valence electrons. The molecule has 0 saturated heterocycles. The molecule has 0 N–H and O–H groups in total. The number of rotatable bonds is 28. The summed E-state index contributed by atoms with van der Waals surface area (Å²) in [4.78, 5) is 21.8. The summed E-state index contributed by atoms with van der Waals surface area (Å²) < 4.78 is 0. The maximum atomic E-state index is 11.7. The van der Waals surface area contributed by atoms with Crippen LogP contribution in [0.15, 0.2) is 25.3 Å². The lowest BCUT2D eigenvalue weighted by Crippen LogP contribution is -2.10. The third-order valence-corrected chi connectivity index (χ3v) is 8.22. The molecule has 0 bridgehead atoms. The summed E-state index contributed by atoms with van der Waals surface area (Å²) in [5.74, 6) is 1.25. The normalized spacial score (nSPS) is 8.65. The Morgan fingerprint density at radius 1 is 0.404 bits per heavy atom. The van der Waals surface area contributed by atoms with E-state index in [4.69, 9.17) is 0 Å². The van der Waals surface area contributed by atoms with Crippen molar-refractivity contribution in [1.82, 2.24) is 0 Å². The van der Waals surface area contributed by atoms with Crippen molar-refractivity contribution in [3.8, 4) is 0 Å². The van der Waals surface area contributed by atoms with Gasteiger partial charge in [0.2, 0.25) is 0 Å². The molecule has 2 heteroatoms. The van der Waals surface area contributed by atoms with Crippen molar-refractivity contribution in [3.05, 3.63) is 25.3 Å². The molecule has 0 spiro atoms. The number of ketones is 2. The average Bonchev–Trinajstić information content (AvgIpc) is 3.00. The molecule has 0 heterocycles. The molecule has 0 aliphatic heterocycles. The Balaban J connectivity index is -0.0000000430. The predicted octanol–water partition coefficient (Wildman–Crippen LogP) is 20.1. The molecule has 0 saturated carbocycles. The minimum Gasteiger partial charge on any atom is -0.300 e. The lowest BCUT2D eigenvalue weighted by atomic mass is 9.91. The van der Waals surface area contributed by atoms with Crippen LogP contribution in [-0.4, -0.2) is 11.6 Å². The zero-order chi connectivity index (χ0) is 34.1. The van der Waals surface area contributed by atoms with E-state index in [2.05, 4.69) is 40.9 Å². The molecule has 0 radical (unpaired) electrons. The van der Waals surface area contributed by atoms with Gasteiger partial charge in [-0.05, 0) is 52.4 Å². The minimum atomic E-state index is 0. The fourth-order valence-electron chi connectivity index (χ4n) is 4.68. The predicted molar refractivity (Wildman–Crippen MR) is 257 cm³/mol. The molecular weight excluding hydrogens is 633 g/mol. The number of unbranched alkanes of at least 4 members (excludes halogenated alkanes) is 20. The Morgan fingerprint density at radius 3 is 0.808 bits per heavy atom. The molecule has 0 aliphatic carbocycles. The molecule has 0 aromatic rings. The van der Waals surface area contributed by atoms with E-state index in [9.17, 15) is 9.59 Å². The van der Waals surface area contributed by atoms with E-state index in [-0.39, 0.29) is 71.1 Å². The molecule has 0 aromatic heterocycles. The molecule has 0 amide bonds. The van der Waals surface area contributed by atoms with Gasteiger partial charge in [0, 0.05) is 11.8 Å². The zero-order valence-electron chi connectivity index (χ0n) is 31.9. The highest BCUT2D eigenvalue weighted by Crippen LogP contribution is 2.20. The second-order valence-electron chi connectivity index (χ2n) is 13.2. The first-order valence-electron chi connectivity index (χ1n) is 19.4. The fourth-order valence-corrected chi connectivity index (χ4v) is 4.68. The number of hydrogen-bond donors (Lipinski definition) is 0. The third-order valence-electron chi connectivity index (χ3n) is 8.22. The van der Waals surface area contributed by atoms with Crippen LogP contribution in [0.1, 0.15) is 282 Å². The van der Waals surface area contributed by atoms with Crippen molar-refractivity contribution in [2.24, 2.45) is 11.8 Å². The topological polar surface area (TPSA) is 34.1 Å². The molecule has 2 nitrogen and oxygen atoms in total. The van der Waals surface area contributed by atoms with E-state index in [0.29, 0.717) is 11.7 Å². The van der Waals surface area contributed by atoms with E-state index in [1.54, 1.807) is 13.8 Å². The molecule has 0 aliphatic rings. The van der Waals surface area contributed by atoms with Crippen LogP contribution in [-0.2, 0) is 9.59 Å². The summed E-state index contributed by atoms with van der Waals surface area (Å²) in [6.07, 6.45) is 38.4. The molecule has 0 aromatic carbocycles. The Bertz CT molecular complexity index is 529. The van der Waals surface area contributed by atoms with Crippen molar-refractivity contribution < 1.29 is 9.59 Å². The van der Waals surface area contributed by atoms with Crippen LogP contribution < -0.4 is 0 Å². The van der Waals surface area contributed by atoms with Gasteiger partial charge in [-0.3, -0.25) is 9.59 Å². The molecule has 0 unspecified atom stereocenters. The first-order valence-corrected chi connectivity index (χ1v) is 19.4. The van der Waals surface area contributed by atoms with Gasteiger partial charge in [-0.15, -0.1) is 13.2 Å². The van der Waals surface area contributed by atoms with Gasteiger partial charge in [-0.25, -0.2) is 0 Å². The van der Waals surface area contributed by atoms with Gasteiger partial charge in [0.15, 0.2) is 0 Å². The summed E-state index contributed by atoms with van der Waals surface area (Å²) in [7, 11) is 0. The van der Waals surface area contributed by atoms with E-state index < -0.39 is 0 Å². The van der Waals surface area contributed by atoms with Crippen LogP contribution in [0.5, 0.6) is 0 Å².